The number of sulfone groups is 1. The molecule has 1 aliphatic heterocycles. The molecule has 2 aromatic rings. The Morgan fingerprint density at radius 3 is 2.44 bits per heavy atom. The number of nitrogens with two attached hydrogens (primary N) is 1. The number of aryl methyl sites for hydroxylation is 2. The average Bonchev–Trinajstić information content (AvgIpc) is 2.87. The molecule has 3 rings (SSSR count). The zero-order chi connectivity index (χ0) is 28.9. The second kappa shape index (κ2) is 12.8. The minimum Gasteiger partial charge on any atom is -0.489 e. The van der Waals surface area contributed by atoms with Crippen molar-refractivity contribution in [3.05, 3.63) is 45.7 Å². The van der Waals surface area contributed by atoms with Crippen LogP contribution in [0.5, 0.6) is 5.75 Å². The average molecular weight is 558 g/mol. The number of hydrogen-bond donors (Lipinski definition) is 3. The minimum absolute atomic E-state index is 0.0123. The van der Waals surface area contributed by atoms with E-state index in [2.05, 4.69) is 56.6 Å². The van der Waals surface area contributed by atoms with Crippen molar-refractivity contribution in [2.24, 2.45) is 10.7 Å². The first kappa shape index (κ1) is 30.4. The van der Waals surface area contributed by atoms with Crippen LogP contribution in [-0.4, -0.2) is 68.0 Å². The summed E-state index contributed by atoms with van der Waals surface area (Å²) in [7, 11) is 0.00930. The van der Waals surface area contributed by atoms with Gasteiger partial charge in [-0.25, -0.2) is 13.4 Å². The first-order valence-corrected chi connectivity index (χ1v) is 14.9. The molecule has 0 radical (unpaired) electrons. The Hall–Kier alpha value is -3.18. The fourth-order valence-electron chi connectivity index (χ4n) is 4.48. The van der Waals surface area contributed by atoms with Gasteiger partial charge >= 0.3 is 0 Å². The lowest BCUT2D eigenvalue weighted by atomic mass is 9.86. The van der Waals surface area contributed by atoms with Crippen molar-refractivity contribution < 1.29 is 13.2 Å². The summed E-state index contributed by atoms with van der Waals surface area (Å²) >= 11 is 0. The van der Waals surface area contributed by atoms with Gasteiger partial charge < -0.3 is 26.0 Å². The number of ether oxygens (including phenoxy) is 1. The van der Waals surface area contributed by atoms with Crippen molar-refractivity contribution in [2.75, 3.05) is 37.8 Å². The van der Waals surface area contributed by atoms with Gasteiger partial charge in [0.25, 0.3) is 0 Å². The van der Waals surface area contributed by atoms with Gasteiger partial charge in [0, 0.05) is 25.0 Å². The van der Waals surface area contributed by atoms with Gasteiger partial charge in [-0.15, -0.1) is 0 Å². The summed E-state index contributed by atoms with van der Waals surface area (Å²) in [6, 6.07) is 4.24. The standard InChI is InChI=1S/C28H43N7O3S/c1-17(2)38-25-14-22(21-9-11-35(8)12-10-21)19(5)13-23(25)33-28-31-15-20(6)27(34-28)32-24(16-30-7)26(29)39(36,37)18(3)4/h13-18,21H,9-12,29H2,1-8H3,(H2,31,32,33,34). The molecule has 214 valence electrons. The maximum atomic E-state index is 12.7. The molecule has 0 unspecified atom stereocenters. The van der Waals surface area contributed by atoms with Crippen LogP contribution >= 0.6 is 0 Å². The van der Waals surface area contributed by atoms with Crippen molar-refractivity contribution in [1.29, 1.82) is 0 Å². The molecule has 10 nitrogen and oxygen atoms in total. The monoisotopic (exact) mass is 557 g/mol. The number of aromatic nitrogens is 2. The van der Waals surface area contributed by atoms with Crippen molar-refractivity contribution >= 4 is 33.5 Å². The summed E-state index contributed by atoms with van der Waals surface area (Å²) in [6.07, 6.45) is 5.27. The molecule has 0 spiro atoms. The highest BCUT2D eigenvalue weighted by Gasteiger charge is 2.24. The first-order valence-electron chi connectivity index (χ1n) is 13.4. The van der Waals surface area contributed by atoms with Gasteiger partial charge in [-0.3, -0.25) is 4.99 Å². The molecule has 39 heavy (non-hydrogen) atoms. The van der Waals surface area contributed by atoms with E-state index in [9.17, 15) is 8.42 Å². The lowest BCUT2D eigenvalue weighted by Crippen LogP contribution is -2.29. The third kappa shape index (κ3) is 7.48. The van der Waals surface area contributed by atoms with Crippen LogP contribution in [0.25, 0.3) is 0 Å². The SMILES string of the molecule is CN=CC(Nc1nc(Nc2cc(C)c(C3CCN(C)CC3)cc2OC(C)C)ncc1C)=C(N)S(=O)(=O)C(C)C. The van der Waals surface area contributed by atoms with Gasteiger partial charge in [0.05, 0.1) is 22.7 Å². The summed E-state index contributed by atoms with van der Waals surface area (Å²) in [5, 5.41) is 5.39. The summed E-state index contributed by atoms with van der Waals surface area (Å²) in [5.41, 5.74) is 10.2. The number of nitrogens with zero attached hydrogens (tertiary/aromatic N) is 4. The van der Waals surface area contributed by atoms with Crippen LogP contribution in [0.2, 0.25) is 0 Å². The van der Waals surface area contributed by atoms with Gasteiger partial charge in [0.2, 0.25) is 5.95 Å². The van der Waals surface area contributed by atoms with Gasteiger partial charge in [0.1, 0.15) is 11.6 Å². The highest BCUT2D eigenvalue weighted by atomic mass is 32.2. The fourth-order valence-corrected chi connectivity index (χ4v) is 5.40. The van der Waals surface area contributed by atoms with Crippen LogP contribution in [0.3, 0.4) is 0 Å². The lowest BCUT2D eigenvalue weighted by molar-refractivity contribution is 0.241. The van der Waals surface area contributed by atoms with E-state index in [1.807, 2.05) is 20.8 Å². The Labute approximate surface area is 233 Å². The van der Waals surface area contributed by atoms with Crippen molar-refractivity contribution in [3.63, 3.8) is 0 Å². The molecule has 0 amide bonds. The van der Waals surface area contributed by atoms with E-state index in [0.29, 0.717) is 23.2 Å². The summed E-state index contributed by atoms with van der Waals surface area (Å²) in [4.78, 5) is 15.4. The van der Waals surface area contributed by atoms with Gasteiger partial charge in [-0.1, -0.05) is 0 Å². The van der Waals surface area contributed by atoms with E-state index in [0.717, 1.165) is 37.4 Å². The topological polar surface area (TPSA) is 135 Å². The summed E-state index contributed by atoms with van der Waals surface area (Å²) < 4.78 is 31.6. The molecule has 2 heterocycles. The molecular formula is C28H43N7O3S. The second-order valence-electron chi connectivity index (χ2n) is 10.7. The molecule has 0 aliphatic carbocycles. The molecule has 1 aromatic carbocycles. The number of likely N-dealkylation sites (tertiary alicyclic amines) is 1. The van der Waals surface area contributed by atoms with E-state index in [4.69, 9.17) is 10.5 Å². The number of nitrogens with one attached hydrogen (secondary N) is 2. The molecule has 4 N–H and O–H groups in total. The lowest BCUT2D eigenvalue weighted by Gasteiger charge is -2.30. The fraction of sp³-hybridized carbons (Fsp3) is 0.536. The highest BCUT2D eigenvalue weighted by Crippen LogP contribution is 2.37. The van der Waals surface area contributed by atoms with Crippen molar-refractivity contribution in [2.45, 2.75) is 71.7 Å². The number of aliphatic imine (C=N–C) groups is 1. The third-order valence-corrected chi connectivity index (χ3v) is 8.89. The normalized spacial score (nSPS) is 16.2. The predicted octanol–water partition coefficient (Wildman–Crippen LogP) is 4.50. The van der Waals surface area contributed by atoms with Crippen molar-refractivity contribution in [3.8, 4) is 5.75 Å². The number of rotatable bonds is 10. The van der Waals surface area contributed by atoms with Crippen LogP contribution < -0.4 is 21.1 Å². The highest BCUT2D eigenvalue weighted by molar-refractivity contribution is 7.95. The summed E-state index contributed by atoms with van der Waals surface area (Å²) in [6.45, 7) is 13.3. The molecule has 1 fully saturated rings. The molecule has 1 saturated heterocycles. The van der Waals surface area contributed by atoms with Gasteiger partial charge in [-0.05, 0) is 104 Å². The molecule has 11 heteroatoms. The maximum absolute atomic E-state index is 12.7. The quantitative estimate of drug-likeness (QED) is 0.361. The largest absolute Gasteiger partial charge is 0.489 e. The molecule has 1 aromatic heterocycles. The number of allylic oxidation sites excluding steroid dienone is 1. The Morgan fingerprint density at radius 1 is 1.18 bits per heavy atom. The van der Waals surface area contributed by atoms with Crippen LogP contribution in [0, 0.1) is 13.8 Å². The second-order valence-corrected chi connectivity index (χ2v) is 13.2. The molecule has 0 atom stereocenters. The van der Waals surface area contributed by atoms with E-state index in [-0.39, 0.29) is 16.8 Å². The van der Waals surface area contributed by atoms with E-state index in [1.54, 1.807) is 27.1 Å². The van der Waals surface area contributed by atoms with Crippen LogP contribution in [0.4, 0.5) is 17.5 Å². The van der Waals surface area contributed by atoms with E-state index >= 15 is 0 Å². The molecular weight excluding hydrogens is 514 g/mol. The third-order valence-electron chi connectivity index (χ3n) is 6.81. The molecule has 0 bridgehead atoms. The smallest absolute Gasteiger partial charge is 0.229 e. The Balaban J connectivity index is 1.97. The Morgan fingerprint density at radius 2 is 1.85 bits per heavy atom. The van der Waals surface area contributed by atoms with Gasteiger partial charge in [-0.2, -0.15) is 4.98 Å². The number of anilines is 3. The van der Waals surface area contributed by atoms with Gasteiger partial charge in [0.15, 0.2) is 14.9 Å². The Kier molecular flexibility index (Phi) is 9.95. The summed E-state index contributed by atoms with van der Waals surface area (Å²) in [5.74, 6) is 1.99. The zero-order valence-electron chi connectivity index (χ0n) is 24.4. The number of hydrogen-bond acceptors (Lipinski definition) is 10. The molecule has 0 saturated carbocycles. The maximum Gasteiger partial charge on any atom is 0.229 e. The molecule has 1 aliphatic rings. The van der Waals surface area contributed by atoms with Crippen LogP contribution in [-0.2, 0) is 9.84 Å². The number of benzene rings is 1. The van der Waals surface area contributed by atoms with Crippen molar-refractivity contribution in [1.82, 2.24) is 14.9 Å². The van der Waals surface area contributed by atoms with Crippen LogP contribution in [0.15, 0.2) is 34.0 Å². The minimum atomic E-state index is -3.70. The first-order chi connectivity index (χ1) is 18.3. The Bertz CT molecular complexity index is 1330. The predicted molar refractivity (Wildman–Crippen MR) is 160 cm³/mol. The zero-order valence-corrected chi connectivity index (χ0v) is 25.2. The number of piperidine rings is 1. The van der Waals surface area contributed by atoms with E-state index < -0.39 is 15.1 Å². The van der Waals surface area contributed by atoms with E-state index in [1.165, 1.54) is 17.3 Å². The van der Waals surface area contributed by atoms with Crippen LogP contribution in [0.1, 0.15) is 63.1 Å².